The zero-order valence-electron chi connectivity index (χ0n) is 10.3. The summed E-state index contributed by atoms with van der Waals surface area (Å²) in [5.74, 6) is -0.715. The third-order valence-electron chi connectivity index (χ3n) is 3.56. The Hall–Kier alpha value is -1.62. The molecule has 0 spiro atoms. The lowest BCUT2D eigenvalue weighted by atomic mass is 9.89. The molecular weight excluding hydrogens is 235 g/mol. The van der Waals surface area contributed by atoms with Gasteiger partial charge in [-0.25, -0.2) is 4.39 Å². The highest BCUT2D eigenvalue weighted by Crippen LogP contribution is 2.33. The molecule has 98 valence electrons. The molecule has 1 aliphatic heterocycles. The van der Waals surface area contributed by atoms with E-state index in [0.717, 1.165) is 0 Å². The monoisotopic (exact) mass is 252 g/mol. The standard InChI is InChI=1S/C13H17FN2O2/c1-13(12(15)18)2-3-16(8-13)11-5-9(7-17)4-10(14)6-11/h4-6,17H,2-3,7-8H2,1H3,(H2,15,18). The molecule has 1 aromatic rings. The number of nitrogens with two attached hydrogens (primary N) is 1. The van der Waals surface area contributed by atoms with Gasteiger partial charge in [0.15, 0.2) is 0 Å². The zero-order valence-corrected chi connectivity index (χ0v) is 10.3. The quantitative estimate of drug-likeness (QED) is 0.844. The molecule has 1 saturated heterocycles. The van der Waals surface area contributed by atoms with E-state index in [9.17, 15) is 9.18 Å². The van der Waals surface area contributed by atoms with Crippen LogP contribution in [-0.4, -0.2) is 24.1 Å². The van der Waals surface area contributed by atoms with E-state index in [-0.39, 0.29) is 18.3 Å². The first kappa shape index (κ1) is 12.8. The molecule has 1 heterocycles. The Morgan fingerprint density at radius 3 is 2.83 bits per heavy atom. The number of benzene rings is 1. The van der Waals surface area contributed by atoms with Gasteiger partial charge in [0.1, 0.15) is 5.82 Å². The number of hydrogen-bond donors (Lipinski definition) is 2. The number of anilines is 1. The summed E-state index contributed by atoms with van der Waals surface area (Å²) in [5.41, 5.74) is 6.02. The number of halogens is 1. The zero-order chi connectivity index (χ0) is 13.3. The van der Waals surface area contributed by atoms with Crippen LogP contribution in [0.5, 0.6) is 0 Å². The first-order chi connectivity index (χ1) is 8.44. The van der Waals surface area contributed by atoms with E-state index in [2.05, 4.69) is 0 Å². The summed E-state index contributed by atoms with van der Waals surface area (Å²) < 4.78 is 13.4. The molecule has 1 unspecified atom stereocenters. The number of rotatable bonds is 3. The van der Waals surface area contributed by atoms with E-state index in [4.69, 9.17) is 10.8 Å². The molecule has 0 aliphatic carbocycles. The summed E-state index contributed by atoms with van der Waals surface area (Å²) in [5, 5.41) is 9.06. The van der Waals surface area contributed by atoms with E-state index in [1.165, 1.54) is 12.1 Å². The molecule has 0 aromatic heterocycles. The van der Waals surface area contributed by atoms with E-state index in [0.29, 0.717) is 30.8 Å². The summed E-state index contributed by atoms with van der Waals surface area (Å²) >= 11 is 0. The minimum atomic E-state index is -0.564. The van der Waals surface area contributed by atoms with Crippen molar-refractivity contribution in [1.82, 2.24) is 0 Å². The van der Waals surface area contributed by atoms with Crippen molar-refractivity contribution in [2.45, 2.75) is 20.0 Å². The van der Waals surface area contributed by atoms with Crippen LogP contribution in [0.25, 0.3) is 0 Å². The lowest BCUT2D eigenvalue weighted by Crippen LogP contribution is -2.37. The number of hydrogen-bond acceptors (Lipinski definition) is 3. The van der Waals surface area contributed by atoms with Crippen molar-refractivity contribution in [2.24, 2.45) is 11.1 Å². The van der Waals surface area contributed by atoms with Gasteiger partial charge in [-0.3, -0.25) is 4.79 Å². The molecule has 2 rings (SSSR count). The molecule has 18 heavy (non-hydrogen) atoms. The highest BCUT2D eigenvalue weighted by Gasteiger charge is 2.39. The number of carbonyl (C=O) groups excluding carboxylic acids is 1. The number of amides is 1. The van der Waals surface area contributed by atoms with Gasteiger partial charge in [0.25, 0.3) is 0 Å². The normalized spacial score (nSPS) is 23.4. The molecule has 1 aliphatic rings. The fourth-order valence-electron chi connectivity index (χ4n) is 2.29. The predicted octanol–water partition coefficient (Wildman–Crippen LogP) is 1.02. The Kier molecular flexibility index (Phi) is 3.26. The molecule has 0 saturated carbocycles. The largest absolute Gasteiger partial charge is 0.392 e. The number of aliphatic hydroxyl groups is 1. The summed E-state index contributed by atoms with van der Waals surface area (Å²) in [6, 6.07) is 4.44. The van der Waals surface area contributed by atoms with Crippen molar-refractivity contribution in [1.29, 1.82) is 0 Å². The second-order valence-electron chi connectivity index (χ2n) is 5.07. The van der Waals surface area contributed by atoms with Gasteiger partial charge in [0.05, 0.1) is 12.0 Å². The lowest BCUT2D eigenvalue weighted by molar-refractivity contribution is -0.125. The van der Waals surface area contributed by atoms with Crippen molar-refractivity contribution < 1.29 is 14.3 Å². The average Bonchev–Trinajstić information content (AvgIpc) is 2.72. The maximum absolute atomic E-state index is 13.4. The van der Waals surface area contributed by atoms with Crippen LogP contribution in [0.2, 0.25) is 0 Å². The summed E-state index contributed by atoms with van der Waals surface area (Å²) in [4.78, 5) is 13.3. The minimum absolute atomic E-state index is 0.203. The van der Waals surface area contributed by atoms with Crippen molar-refractivity contribution in [3.8, 4) is 0 Å². The van der Waals surface area contributed by atoms with Crippen LogP contribution in [0.1, 0.15) is 18.9 Å². The molecule has 1 amide bonds. The highest BCUT2D eigenvalue weighted by atomic mass is 19.1. The second kappa shape index (κ2) is 4.57. The number of carbonyl (C=O) groups is 1. The Labute approximate surface area is 105 Å². The predicted molar refractivity (Wildman–Crippen MR) is 66.5 cm³/mol. The third-order valence-corrected chi connectivity index (χ3v) is 3.56. The van der Waals surface area contributed by atoms with Gasteiger partial charge in [0, 0.05) is 18.8 Å². The lowest BCUT2D eigenvalue weighted by Gasteiger charge is -2.23. The Balaban J connectivity index is 2.24. The highest BCUT2D eigenvalue weighted by molar-refractivity contribution is 5.82. The van der Waals surface area contributed by atoms with Gasteiger partial charge in [-0.05, 0) is 37.1 Å². The molecular formula is C13H17FN2O2. The van der Waals surface area contributed by atoms with Crippen molar-refractivity contribution in [2.75, 3.05) is 18.0 Å². The topological polar surface area (TPSA) is 66.6 Å². The molecule has 3 N–H and O–H groups in total. The molecule has 4 nitrogen and oxygen atoms in total. The van der Waals surface area contributed by atoms with Crippen LogP contribution >= 0.6 is 0 Å². The maximum Gasteiger partial charge on any atom is 0.225 e. The first-order valence-electron chi connectivity index (χ1n) is 5.90. The summed E-state index contributed by atoms with van der Waals surface area (Å²) in [6.07, 6.45) is 0.660. The van der Waals surface area contributed by atoms with Crippen LogP contribution in [0.4, 0.5) is 10.1 Å². The van der Waals surface area contributed by atoms with Gasteiger partial charge < -0.3 is 15.7 Å². The molecule has 0 radical (unpaired) electrons. The van der Waals surface area contributed by atoms with Gasteiger partial charge in [-0.2, -0.15) is 0 Å². The van der Waals surface area contributed by atoms with E-state index < -0.39 is 5.41 Å². The third kappa shape index (κ3) is 2.31. The van der Waals surface area contributed by atoms with E-state index >= 15 is 0 Å². The van der Waals surface area contributed by atoms with E-state index in [1.54, 1.807) is 6.07 Å². The Bertz CT molecular complexity index is 478. The van der Waals surface area contributed by atoms with E-state index in [1.807, 2.05) is 11.8 Å². The number of nitrogens with zero attached hydrogens (tertiary/aromatic N) is 1. The van der Waals surface area contributed by atoms with Gasteiger partial charge in [-0.1, -0.05) is 0 Å². The second-order valence-corrected chi connectivity index (χ2v) is 5.07. The van der Waals surface area contributed by atoms with Crippen LogP contribution in [-0.2, 0) is 11.4 Å². The van der Waals surface area contributed by atoms with Crippen molar-refractivity contribution in [3.05, 3.63) is 29.6 Å². The van der Waals surface area contributed by atoms with Gasteiger partial charge >= 0.3 is 0 Å². The first-order valence-corrected chi connectivity index (χ1v) is 5.90. The van der Waals surface area contributed by atoms with Crippen molar-refractivity contribution >= 4 is 11.6 Å². The molecule has 1 aromatic carbocycles. The maximum atomic E-state index is 13.4. The van der Waals surface area contributed by atoms with Crippen LogP contribution in [0.15, 0.2) is 18.2 Å². The average molecular weight is 252 g/mol. The smallest absolute Gasteiger partial charge is 0.225 e. The fourth-order valence-corrected chi connectivity index (χ4v) is 2.29. The molecule has 1 fully saturated rings. The number of primary amides is 1. The summed E-state index contributed by atoms with van der Waals surface area (Å²) in [7, 11) is 0. The SMILES string of the molecule is CC1(C(N)=O)CCN(c2cc(F)cc(CO)c2)C1. The summed E-state index contributed by atoms with van der Waals surface area (Å²) in [6.45, 7) is 2.76. The Morgan fingerprint density at radius 1 is 1.56 bits per heavy atom. The van der Waals surface area contributed by atoms with Crippen LogP contribution in [0, 0.1) is 11.2 Å². The minimum Gasteiger partial charge on any atom is -0.392 e. The molecule has 1 atom stereocenters. The Morgan fingerprint density at radius 2 is 2.28 bits per heavy atom. The fraction of sp³-hybridized carbons (Fsp3) is 0.462. The van der Waals surface area contributed by atoms with Gasteiger partial charge in [0.2, 0.25) is 5.91 Å². The molecule has 5 heteroatoms. The van der Waals surface area contributed by atoms with Crippen molar-refractivity contribution in [3.63, 3.8) is 0 Å². The van der Waals surface area contributed by atoms with Crippen LogP contribution in [0.3, 0.4) is 0 Å². The van der Waals surface area contributed by atoms with Gasteiger partial charge in [-0.15, -0.1) is 0 Å². The number of aliphatic hydroxyl groups excluding tert-OH is 1. The molecule has 0 bridgehead atoms. The van der Waals surface area contributed by atoms with Crippen LogP contribution < -0.4 is 10.6 Å².